The largest absolute Gasteiger partial charge is 0.372 e. The van der Waals surface area contributed by atoms with Gasteiger partial charge in [-0.25, -0.2) is 0 Å². The van der Waals surface area contributed by atoms with Crippen molar-refractivity contribution >= 4 is 5.91 Å². The first-order valence-corrected chi connectivity index (χ1v) is 6.76. The molecule has 0 aromatic carbocycles. The Morgan fingerprint density at radius 1 is 1.29 bits per heavy atom. The van der Waals surface area contributed by atoms with E-state index in [9.17, 15) is 4.79 Å². The molecular formula is C13H24N2O2. The van der Waals surface area contributed by atoms with Gasteiger partial charge in [0.15, 0.2) is 0 Å². The van der Waals surface area contributed by atoms with E-state index in [1.54, 1.807) is 0 Å². The van der Waals surface area contributed by atoms with Crippen LogP contribution in [0.5, 0.6) is 0 Å². The fraction of sp³-hybridized carbons (Fsp3) is 0.923. The van der Waals surface area contributed by atoms with Crippen molar-refractivity contribution in [3.8, 4) is 0 Å². The van der Waals surface area contributed by atoms with Crippen LogP contribution in [-0.2, 0) is 9.53 Å². The van der Waals surface area contributed by atoms with E-state index < -0.39 is 0 Å². The van der Waals surface area contributed by atoms with E-state index in [4.69, 9.17) is 10.5 Å². The van der Waals surface area contributed by atoms with E-state index in [1.807, 2.05) is 18.7 Å². The Bertz CT molecular complexity index is 273. The predicted octanol–water partition coefficient (Wildman–Crippen LogP) is 0.997. The summed E-state index contributed by atoms with van der Waals surface area (Å²) in [6.07, 6.45) is 3.58. The van der Waals surface area contributed by atoms with Crippen LogP contribution in [0.15, 0.2) is 0 Å². The number of ether oxygens (including phenoxy) is 1. The molecule has 2 N–H and O–H groups in total. The summed E-state index contributed by atoms with van der Waals surface area (Å²) in [7, 11) is 0. The van der Waals surface area contributed by atoms with Crippen molar-refractivity contribution < 1.29 is 9.53 Å². The molecule has 1 amide bonds. The summed E-state index contributed by atoms with van der Waals surface area (Å²) < 4.78 is 5.66. The highest BCUT2D eigenvalue weighted by molar-refractivity contribution is 5.79. The van der Waals surface area contributed by atoms with Gasteiger partial charge in [0.25, 0.3) is 0 Å². The fourth-order valence-corrected chi connectivity index (χ4v) is 3.24. The van der Waals surface area contributed by atoms with Gasteiger partial charge in [0.1, 0.15) is 0 Å². The van der Waals surface area contributed by atoms with Crippen LogP contribution in [0.1, 0.15) is 33.1 Å². The minimum atomic E-state index is 0.153. The Hall–Kier alpha value is -0.610. The topological polar surface area (TPSA) is 55.6 Å². The third-order valence-corrected chi connectivity index (χ3v) is 4.01. The Kier molecular flexibility index (Phi) is 4.05. The Morgan fingerprint density at radius 3 is 2.53 bits per heavy atom. The SMILES string of the molecule is C[C@@H]1CN(C(=O)C2CCCC2CN)C[C@H](C)O1. The maximum atomic E-state index is 12.5. The number of nitrogens with two attached hydrogens (primary N) is 1. The molecule has 1 saturated heterocycles. The lowest BCUT2D eigenvalue weighted by Gasteiger charge is -2.37. The second kappa shape index (κ2) is 5.36. The second-order valence-electron chi connectivity index (χ2n) is 5.53. The summed E-state index contributed by atoms with van der Waals surface area (Å²) in [5, 5.41) is 0. The Morgan fingerprint density at radius 2 is 1.94 bits per heavy atom. The average Bonchev–Trinajstić information content (AvgIpc) is 2.74. The predicted molar refractivity (Wildman–Crippen MR) is 66.5 cm³/mol. The van der Waals surface area contributed by atoms with E-state index >= 15 is 0 Å². The first-order chi connectivity index (χ1) is 8.11. The zero-order chi connectivity index (χ0) is 12.4. The van der Waals surface area contributed by atoms with Crippen LogP contribution in [0.4, 0.5) is 0 Å². The van der Waals surface area contributed by atoms with Gasteiger partial charge in [-0.3, -0.25) is 4.79 Å². The van der Waals surface area contributed by atoms with Gasteiger partial charge in [-0.2, -0.15) is 0 Å². The molecule has 1 aliphatic carbocycles. The Balaban J connectivity index is 1.99. The molecular weight excluding hydrogens is 216 g/mol. The quantitative estimate of drug-likeness (QED) is 0.783. The minimum absolute atomic E-state index is 0.153. The molecule has 17 heavy (non-hydrogen) atoms. The number of carbonyl (C=O) groups is 1. The molecule has 2 unspecified atom stereocenters. The monoisotopic (exact) mass is 240 g/mol. The van der Waals surface area contributed by atoms with Crippen molar-refractivity contribution in [3.05, 3.63) is 0 Å². The van der Waals surface area contributed by atoms with Gasteiger partial charge >= 0.3 is 0 Å². The van der Waals surface area contributed by atoms with Crippen molar-refractivity contribution in [2.75, 3.05) is 19.6 Å². The minimum Gasteiger partial charge on any atom is -0.372 e. The molecule has 4 heteroatoms. The lowest BCUT2D eigenvalue weighted by Crippen LogP contribution is -2.50. The van der Waals surface area contributed by atoms with Crippen molar-refractivity contribution in [2.24, 2.45) is 17.6 Å². The average molecular weight is 240 g/mol. The van der Waals surface area contributed by atoms with Gasteiger partial charge in [0.05, 0.1) is 12.2 Å². The van der Waals surface area contributed by atoms with Crippen molar-refractivity contribution in [1.29, 1.82) is 0 Å². The van der Waals surface area contributed by atoms with Gasteiger partial charge in [-0.15, -0.1) is 0 Å². The van der Waals surface area contributed by atoms with E-state index in [0.29, 0.717) is 18.4 Å². The van der Waals surface area contributed by atoms with Gasteiger partial charge in [-0.05, 0) is 39.2 Å². The summed E-state index contributed by atoms with van der Waals surface area (Å²) in [5.74, 6) is 0.869. The zero-order valence-corrected chi connectivity index (χ0v) is 10.9. The number of hydrogen-bond donors (Lipinski definition) is 1. The maximum Gasteiger partial charge on any atom is 0.226 e. The molecule has 1 heterocycles. The fourth-order valence-electron chi connectivity index (χ4n) is 3.24. The highest BCUT2D eigenvalue weighted by Gasteiger charge is 2.36. The van der Waals surface area contributed by atoms with Crippen molar-refractivity contribution in [2.45, 2.75) is 45.3 Å². The molecule has 0 bridgehead atoms. The number of amides is 1. The lowest BCUT2D eigenvalue weighted by atomic mass is 9.94. The summed E-state index contributed by atoms with van der Waals surface area (Å²) in [6, 6.07) is 0. The summed E-state index contributed by atoms with van der Waals surface area (Å²) in [4.78, 5) is 14.5. The van der Waals surface area contributed by atoms with E-state index in [1.165, 1.54) is 0 Å². The number of morpholine rings is 1. The molecule has 0 aromatic rings. The lowest BCUT2D eigenvalue weighted by molar-refractivity contribution is -0.148. The van der Waals surface area contributed by atoms with Gasteiger partial charge < -0.3 is 15.4 Å². The van der Waals surface area contributed by atoms with Gasteiger partial charge in [0, 0.05) is 19.0 Å². The van der Waals surface area contributed by atoms with Crippen molar-refractivity contribution in [1.82, 2.24) is 4.90 Å². The summed E-state index contributed by atoms with van der Waals surface area (Å²) in [5.41, 5.74) is 5.75. The van der Waals surface area contributed by atoms with E-state index in [-0.39, 0.29) is 18.1 Å². The van der Waals surface area contributed by atoms with E-state index in [0.717, 1.165) is 32.4 Å². The third-order valence-electron chi connectivity index (χ3n) is 4.01. The maximum absolute atomic E-state index is 12.5. The molecule has 1 aliphatic heterocycles. The summed E-state index contributed by atoms with van der Waals surface area (Å²) in [6.45, 7) is 6.18. The standard InChI is InChI=1S/C13H24N2O2/c1-9-7-15(8-10(2)17-9)13(16)12-5-3-4-11(12)6-14/h9-12H,3-8,14H2,1-2H3/t9-,10+,11?,12?. The van der Waals surface area contributed by atoms with Crippen LogP contribution in [0, 0.1) is 11.8 Å². The summed E-state index contributed by atoms with van der Waals surface area (Å²) >= 11 is 0. The molecule has 1 saturated carbocycles. The first-order valence-electron chi connectivity index (χ1n) is 6.76. The molecule has 0 spiro atoms. The molecule has 0 aromatic heterocycles. The van der Waals surface area contributed by atoms with Crippen LogP contribution in [0.3, 0.4) is 0 Å². The zero-order valence-electron chi connectivity index (χ0n) is 10.9. The Labute approximate surface area is 103 Å². The van der Waals surface area contributed by atoms with Crippen molar-refractivity contribution in [3.63, 3.8) is 0 Å². The highest BCUT2D eigenvalue weighted by atomic mass is 16.5. The third kappa shape index (κ3) is 2.80. The first kappa shape index (κ1) is 12.8. The van der Waals surface area contributed by atoms with Crippen LogP contribution >= 0.6 is 0 Å². The molecule has 2 rings (SSSR count). The molecule has 98 valence electrons. The van der Waals surface area contributed by atoms with Crippen LogP contribution < -0.4 is 5.73 Å². The van der Waals surface area contributed by atoms with Gasteiger partial charge in [0.2, 0.25) is 5.91 Å². The molecule has 4 nitrogen and oxygen atoms in total. The smallest absolute Gasteiger partial charge is 0.226 e. The highest BCUT2D eigenvalue weighted by Crippen LogP contribution is 2.33. The van der Waals surface area contributed by atoms with Gasteiger partial charge in [-0.1, -0.05) is 6.42 Å². The number of nitrogens with zero attached hydrogens (tertiary/aromatic N) is 1. The van der Waals surface area contributed by atoms with E-state index in [2.05, 4.69) is 0 Å². The second-order valence-corrected chi connectivity index (χ2v) is 5.53. The van der Waals surface area contributed by atoms with Crippen LogP contribution in [0.2, 0.25) is 0 Å². The molecule has 0 radical (unpaired) electrons. The number of rotatable bonds is 2. The normalized spacial score (nSPS) is 38.4. The van der Waals surface area contributed by atoms with Crippen LogP contribution in [0.25, 0.3) is 0 Å². The number of hydrogen-bond acceptors (Lipinski definition) is 3. The number of carbonyl (C=O) groups excluding carboxylic acids is 1. The molecule has 2 aliphatic rings. The molecule has 2 fully saturated rings. The van der Waals surface area contributed by atoms with Crippen LogP contribution in [-0.4, -0.2) is 42.6 Å². The molecule has 4 atom stereocenters.